The maximum Gasteiger partial charge on any atom is 0.276 e. The molecule has 0 radical (unpaired) electrons. The van der Waals surface area contributed by atoms with Gasteiger partial charge in [-0.3, -0.25) is 4.79 Å². The molecule has 2 aliphatic rings. The van der Waals surface area contributed by atoms with Crippen molar-refractivity contribution in [2.24, 2.45) is 0 Å². The molecule has 132 valence electrons. The number of likely N-dealkylation sites (tertiary alicyclic amines) is 1. The number of hydrogen-bond acceptors (Lipinski definition) is 6. The monoisotopic (exact) mass is 370 g/mol. The second kappa shape index (κ2) is 5.95. The maximum absolute atomic E-state index is 12.4. The number of rotatable bonds is 4. The standard InChI is InChI=1S/C18H15ClN4O3/c19-13-3-1-2-11(6-13)16-20-17(26-22-16)12-8-23(9-12)18(24)14-7-15(25-21-14)10-4-5-10/h1-3,6-7,10,12H,4-5,8-9H2. The van der Waals surface area contributed by atoms with Crippen LogP contribution in [0.5, 0.6) is 0 Å². The number of carbonyl (C=O) groups is 1. The van der Waals surface area contributed by atoms with E-state index in [-0.39, 0.29) is 11.8 Å². The Hall–Kier alpha value is -2.67. The SMILES string of the molecule is O=C(c1cc(C2CC2)on1)N1CC(c2nc(-c3cccc(Cl)c3)no2)C1. The summed E-state index contributed by atoms with van der Waals surface area (Å²) in [5.74, 6) is 2.20. The summed E-state index contributed by atoms with van der Waals surface area (Å²) in [5, 5.41) is 8.53. The molecule has 1 aromatic carbocycles. The smallest absolute Gasteiger partial charge is 0.276 e. The first-order chi connectivity index (χ1) is 12.7. The van der Waals surface area contributed by atoms with Crippen molar-refractivity contribution in [1.82, 2.24) is 20.2 Å². The molecular weight excluding hydrogens is 356 g/mol. The minimum atomic E-state index is -0.119. The lowest BCUT2D eigenvalue weighted by molar-refractivity contribution is 0.0558. The Balaban J connectivity index is 1.24. The predicted octanol–water partition coefficient (Wildman–Crippen LogP) is 3.50. The highest BCUT2D eigenvalue weighted by Crippen LogP contribution is 2.40. The van der Waals surface area contributed by atoms with Gasteiger partial charge in [0.25, 0.3) is 5.91 Å². The van der Waals surface area contributed by atoms with E-state index in [1.807, 2.05) is 12.1 Å². The van der Waals surface area contributed by atoms with Crippen molar-refractivity contribution in [2.45, 2.75) is 24.7 Å². The van der Waals surface area contributed by atoms with Gasteiger partial charge in [0.2, 0.25) is 11.7 Å². The fourth-order valence-corrected chi connectivity index (χ4v) is 3.25. The van der Waals surface area contributed by atoms with Crippen LogP contribution in [0.25, 0.3) is 11.4 Å². The molecule has 1 amide bonds. The Morgan fingerprint density at radius 2 is 1.96 bits per heavy atom. The molecule has 0 unspecified atom stereocenters. The molecule has 0 spiro atoms. The second-order valence-corrected chi connectivity index (χ2v) is 7.20. The van der Waals surface area contributed by atoms with Crippen LogP contribution < -0.4 is 0 Å². The number of aromatic nitrogens is 3. The van der Waals surface area contributed by atoms with Crippen LogP contribution in [0.1, 0.15) is 46.8 Å². The van der Waals surface area contributed by atoms with Crippen LogP contribution in [0.2, 0.25) is 5.02 Å². The molecular formula is C18H15ClN4O3. The molecule has 2 aromatic heterocycles. The molecule has 1 saturated heterocycles. The zero-order chi connectivity index (χ0) is 17.7. The van der Waals surface area contributed by atoms with E-state index in [4.69, 9.17) is 20.6 Å². The highest BCUT2D eigenvalue weighted by molar-refractivity contribution is 6.30. The molecule has 0 N–H and O–H groups in total. The van der Waals surface area contributed by atoms with E-state index >= 15 is 0 Å². The quantitative estimate of drug-likeness (QED) is 0.698. The van der Waals surface area contributed by atoms with Crippen LogP contribution in [0.15, 0.2) is 39.4 Å². The summed E-state index contributed by atoms with van der Waals surface area (Å²) < 4.78 is 10.6. The van der Waals surface area contributed by atoms with Crippen LogP contribution in [-0.2, 0) is 0 Å². The Morgan fingerprint density at radius 1 is 1.12 bits per heavy atom. The van der Waals surface area contributed by atoms with Crippen LogP contribution in [0.4, 0.5) is 0 Å². The first-order valence-corrected chi connectivity index (χ1v) is 8.90. The largest absolute Gasteiger partial charge is 0.360 e. The first-order valence-electron chi connectivity index (χ1n) is 8.53. The molecule has 7 nitrogen and oxygen atoms in total. The molecule has 3 heterocycles. The normalized spacial score (nSPS) is 17.3. The highest BCUT2D eigenvalue weighted by Gasteiger charge is 2.38. The van der Waals surface area contributed by atoms with E-state index in [0.717, 1.165) is 24.2 Å². The Kier molecular flexibility index (Phi) is 3.56. The average Bonchev–Trinajstić information content (AvgIpc) is 3.14. The summed E-state index contributed by atoms with van der Waals surface area (Å²) >= 11 is 6.00. The Morgan fingerprint density at radius 3 is 2.73 bits per heavy atom. The molecule has 5 rings (SSSR count). The van der Waals surface area contributed by atoms with Gasteiger partial charge >= 0.3 is 0 Å². The zero-order valence-corrected chi connectivity index (χ0v) is 14.5. The number of nitrogens with zero attached hydrogens (tertiary/aromatic N) is 4. The van der Waals surface area contributed by atoms with Crippen molar-refractivity contribution in [1.29, 1.82) is 0 Å². The molecule has 0 atom stereocenters. The minimum absolute atomic E-state index is 0.0363. The molecule has 1 saturated carbocycles. The van der Waals surface area contributed by atoms with E-state index in [9.17, 15) is 4.79 Å². The molecule has 3 aromatic rings. The van der Waals surface area contributed by atoms with Crippen LogP contribution in [-0.4, -0.2) is 39.2 Å². The lowest BCUT2D eigenvalue weighted by atomic mass is 9.99. The fourth-order valence-electron chi connectivity index (χ4n) is 3.06. The van der Waals surface area contributed by atoms with Crippen LogP contribution in [0, 0.1) is 0 Å². The predicted molar refractivity (Wildman–Crippen MR) is 91.9 cm³/mol. The maximum atomic E-state index is 12.4. The lowest BCUT2D eigenvalue weighted by Crippen LogP contribution is -2.48. The number of benzene rings is 1. The molecule has 0 bridgehead atoms. The highest BCUT2D eigenvalue weighted by atomic mass is 35.5. The van der Waals surface area contributed by atoms with Crippen molar-refractivity contribution < 1.29 is 13.8 Å². The van der Waals surface area contributed by atoms with Crippen molar-refractivity contribution in [2.75, 3.05) is 13.1 Å². The number of amides is 1. The zero-order valence-electron chi connectivity index (χ0n) is 13.8. The van der Waals surface area contributed by atoms with Gasteiger partial charge in [-0.05, 0) is 25.0 Å². The second-order valence-electron chi connectivity index (χ2n) is 6.76. The lowest BCUT2D eigenvalue weighted by Gasteiger charge is -2.36. The summed E-state index contributed by atoms with van der Waals surface area (Å²) in [5.41, 5.74) is 1.17. The first kappa shape index (κ1) is 15.6. The van der Waals surface area contributed by atoms with Gasteiger partial charge in [-0.25, -0.2) is 0 Å². The number of carbonyl (C=O) groups excluding carboxylic acids is 1. The third kappa shape index (κ3) is 2.78. The van der Waals surface area contributed by atoms with E-state index in [2.05, 4.69) is 15.3 Å². The van der Waals surface area contributed by atoms with Gasteiger partial charge in [0, 0.05) is 35.7 Å². The van der Waals surface area contributed by atoms with E-state index < -0.39 is 0 Å². The Labute approximate surface area is 153 Å². The fraction of sp³-hybridized carbons (Fsp3) is 0.333. The number of hydrogen-bond donors (Lipinski definition) is 0. The number of halogens is 1. The van der Waals surface area contributed by atoms with Gasteiger partial charge in [-0.1, -0.05) is 34.0 Å². The van der Waals surface area contributed by atoms with Gasteiger partial charge in [0.1, 0.15) is 5.76 Å². The molecule has 8 heteroatoms. The summed E-state index contributed by atoms with van der Waals surface area (Å²) in [7, 11) is 0. The van der Waals surface area contributed by atoms with Gasteiger partial charge in [0.15, 0.2) is 5.69 Å². The van der Waals surface area contributed by atoms with Gasteiger partial charge < -0.3 is 13.9 Å². The Bertz CT molecular complexity index is 972. The van der Waals surface area contributed by atoms with Crippen molar-refractivity contribution in [3.05, 3.63) is 52.7 Å². The third-order valence-corrected chi connectivity index (χ3v) is 5.00. The third-order valence-electron chi connectivity index (χ3n) is 4.77. The minimum Gasteiger partial charge on any atom is -0.360 e. The van der Waals surface area contributed by atoms with Crippen molar-refractivity contribution in [3.63, 3.8) is 0 Å². The summed E-state index contributed by atoms with van der Waals surface area (Å²) in [6.07, 6.45) is 2.22. The van der Waals surface area contributed by atoms with Crippen LogP contribution in [0.3, 0.4) is 0 Å². The van der Waals surface area contributed by atoms with E-state index in [0.29, 0.717) is 41.4 Å². The molecule has 1 aliphatic heterocycles. The van der Waals surface area contributed by atoms with Crippen molar-refractivity contribution in [3.8, 4) is 11.4 Å². The molecule has 2 fully saturated rings. The van der Waals surface area contributed by atoms with E-state index in [1.165, 1.54) is 0 Å². The topological polar surface area (TPSA) is 85.3 Å². The van der Waals surface area contributed by atoms with Gasteiger partial charge in [-0.15, -0.1) is 0 Å². The van der Waals surface area contributed by atoms with Gasteiger partial charge in [-0.2, -0.15) is 4.98 Å². The molecule has 1 aliphatic carbocycles. The summed E-state index contributed by atoms with van der Waals surface area (Å²) in [6.45, 7) is 1.06. The van der Waals surface area contributed by atoms with Crippen molar-refractivity contribution >= 4 is 17.5 Å². The van der Waals surface area contributed by atoms with Crippen LogP contribution >= 0.6 is 11.6 Å². The van der Waals surface area contributed by atoms with Gasteiger partial charge in [0.05, 0.1) is 5.92 Å². The summed E-state index contributed by atoms with van der Waals surface area (Å²) in [4.78, 5) is 18.6. The molecule has 26 heavy (non-hydrogen) atoms. The van der Waals surface area contributed by atoms with E-state index in [1.54, 1.807) is 23.1 Å². The average molecular weight is 371 g/mol. The summed E-state index contributed by atoms with van der Waals surface area (Å²) in [6, 6.07) is 9.05.